The molecule has 0 aliphatic carbocycles. The summed E-state index contributed by atoms with van der Waals surface area (Å²) >= 11 is 0. The largest absolute Gasteiger partial charge is 0.497 e. The molecular formula is C20H17F3N2O6. The molecule has 2 aromatic carbocycles. The van der Waals surface area contributed by atoms with Gasteiger partial charge < -0.3 is 30.0 Å². The maximum absolute atomic E-state index is 13.6. The van der Waals surface area contributed by atoms with E-state index in [1.807, 2.05) is 0 Å². The fourth-order valence-corrected chi connectivity index (χ4v) is 3.75. The maximum Gasteiger partial charge on any atom is 0.450 e. The molecule has 2 amide bonds. The van der Waals surface area contributed by atoms with Crippen LogP contribution in [0.15, 0.2) is 42.5 Å². The lowest BCUT2D eigenvalue weighted by Gasteiger charge is -2.45. The molecule has 1 fully saturated rings. The highest BCUT2D eigenvalue weighted by Gasteiger charge is 2.59. The predicted molar refractivity (Wildman–Crippen MR) is 98.4 cm³/mol. The summed E-state index contributed by atoms with van der Waals surface area (Å²) in [4.78, 5) is 24.9. The summed E-state index contributed by atoms with van der Waals surface area (Å²) < 4.78 is 56.1. The third-order valence-corrected chi connectivity index (χ3v) is 5.22. The molecule has 164 valence electrons. The lowest BCUT2D eigenvalue weighted by Crippen LogP contribution is -2.66. The van der Waals surface area contributed by atoms with E-state index >= 15 is 0 Å². The second kappa shape index (κ2) is 7.34. The van der Waals surface area contributed by atoms with Gasteiger partial charge in [0.15, 0.2) is 17.2 Å². The van der Waals surface area contributed by atoms with E-state index in [4.69, 9.17) is 14.2 Å². The Morgan fingerprint density at radius 3 is 2.48 bits per heavy atom. The number of ketones is 1. The van der Waals surface area contributed by atoms with Gasteiger partial charge in [0.25, 0.3) is 0 Å². The molecule has 2 heterocycles. The number of fused-ring (bicyclic) bond motifs is 1. The number of Topliss-reactive ketones (excluding diaryl/α,β-unsaturated/α-hetero) is 1. The monoisotopic (exact) mass is 438 g/mol. The quantitative estimate of drug-likeness (QED) is 0.677. The second-order valence-corrected chi connectivity index (χ2v) is 7.02. The van der Waals surface area contributed by atoms with Crippen LogP contribution < -0.4 is 24.8 Å². The molecule has 0 saturated carbocycles. The zero-order valence-electron chi connectivity index (χ0n) is 16.0. The van der Waals surface area contributed by atoms with Crippen molar-refractivity contribution in [3.8, 4) is 17.2 Å². The van der Waals surface area contributed by atoms with E-state index in [9.17, 15) is 27.9 Å². The molecule has 2 aliphatic heterocycles. The van der Waals surface area contributed by atoms with Crippen LogP contribution in [-0.2, 0) is 10.5 Å². The van der Waals surface area contributed by atoms with Crippen molar-refractivity contribution >= 4 is 11.8 Å². The van der Waals surface area contributed by atoms with Crippen LogP contribution >= 0.6 is 0 Å². The van der Waals surface area contributed by atoms with Crippen molar-refractivity contribution in [2.75, 3.05) is 13.9 Å². The highest BCUT2D eigenvalue weighted by Crippen LogP contribution is 2.45. The Hall–Kier alpha value is -3.47. The van der Waals surface area contributed by atoms with E-state index in [0.717, 1.165) is 0 Å². The van der Waals surface area contributed by atoms with Crippen molar-refractivity contribution in [2.24, 2.45) is 5.92 Å². The van der Waals surface area contributed by atoms with E-state index in [2.05, 4.69) is 10.6 Å². The molecule has 0 unspecified atom stereocenters. The van der Waals surface area contributed by atoms with Gasteiger partial charge in [-0.05, 0) is 29.8 Å². The van der Waals surface area contributed by atoms with Crippen LogP contribution in [-0.4, -0.2) is 37.0 Å². The Morgan fingerprint density at radius 2 is 1.84 bits per heavy atom. The number of hydrogen-bond acceptors (Lipinski definition) is 6. The number of hydrogen-bond donors (Lipinski definition) is 3. The number of nitrogens with one attached hydrogen (secondary N) is 2. The van der Waals surface area contributed by atoms with Crippen LogP contribution in [0.1, 0.15) is 17.2 Å². The van der Waals surface area contributed by atoms with E-state index in [1.54, 1.807) is 0 Å². The van der Waals surface area contributed by atoms with Gasteiger partial charge in [-0.15, -0.1) is 0 Å². The molecule has 2 aliphatic rings. The first kappa shape index (κ1) is 20.8. The average Bonchev–Trinajstić information content (AvgIpc) is 3.20. The minimum Gasteiger partial charge on any atom is -0.497 e. The van der Waals surface area contributed by atoms with Crippen LogP contribution in [0, 0.1) is 5.92 Å². The van der Waals surface area contributed by atoms with Crippen LogP contribution in [0.5, 0.6) is 17.2 Å². The highest BCUT2D eigenvalue weighted by molar-refractivity contribution is 5.91. The first-order valence-electron chi connectivity index (χ1n) is 9.09. The van der Waals surface area contributed by atoms with Crippen molar-refractivity contribution in [2.45, 2.75) is 17.9 Å². The summed E-state index contributed by atoms with van der Waals surface area (Å²) in [7, 11) is 1.39. The summed E-state index contributed by atoms with van der Waals surface area (Å²) in [5.74, 6) is -3.36. The molecule has 8 nitrogen and oxygen atoms in total. The molecule has 1 saturated heterocycles. The Kier molecular flexibility index (Phi) is 4.92. The lowest BCUT2D eigenvalue weighted by atomic mass is 9.76. The minimum absolute atomic E-state index is 0.0714. The topological polar surface area (TPSA) is 106 Å². The summed E-state index contributed by atoms with van der Waals surface area (Å²) in [6, 6.07) is 7.09. The fourth-order valence-electron chi connectivity index (χ4n) is 3.75. The number of methoxy groups -OCH3 is 1. The van der Waals surface area contributed by atoms with Gasteiger partial charge in [-0.25, -0.2) is 4.79 Å². The van der Waals surface area contributed by atoms with Gasteiger partial charge in [0.05, 0.1) is 13.2 Å². The van der Waals surface area contributed by atoms with Gasteiger partial charge in [0.2, 0.25) is 12.6 Å². The molecule has 4 rings (SSSR count). The van der Waals surface area contributed by atoms with E-state index < -0.39 is 35.7 Å². The minimum atomic E-state index is -5.27. The van der Waals surface area contributed by atoms with Crippen LogP contribution in [0.4, 0.5) is 18.0 Å². The number of benzene rings is 2. The van der Waals surface area contributed by atoms with E-state index in [1.165, 1.54) is 49.6 Å². The normalized spacial score (nSPS) is 24.9. The van der Waals surface area contributed by atoms with E-state index in [0.29, 0.717) is 11.5 Å². The Balaban J connectivity index is 1.84. The Labute approximate surface area is 173 Å². The molecule has 0 aromatic heterocycles. The zero-order valence-corrected chi connectivity index (χ0v) is 16.0. The Bertz CT molecular complexity index is 1030. The first-order valence-corrected chi connectivity index (χ1v) is 9.09. The molecular weight excluding hydrogens is 421 g/mol. The van der Waals surface area contributed by atoms with Gasteiger partial charge in [-0.3, -0.25) is 4.79 Å². The summed E-state index contributed by atoms with van der Waals surface area (Å²) in [5.41, 5.74) is -2.63. The van der Waals surface area contributed by atoms with Crippen molar-refractivity contribution in [1.82, 2.24) is 10.6 Å². The number of amides is 2. The third kappa shape index (κ3) is 3.61. The van der Waals surface area contributed by atoms with Gasteiger partial charge in [-0.1, -0.05) is 18.2 Å². The summed E-state index contributed by atoms with van der Waals surface area (Å²) in [6.07, 6.45) is -5.27. The number of carbonyl (C=O) groups excluding carboxylic acids is 2. The average molecular weight is 438 g/mol. The first-order chi connectivity index (χ1) is 14.6. The highest BCUT2D eigenvalue weighted by atomic mass is 19.4. The molecule has 2 aromatic rings. The van der Waals surface area contributed by atoms with Gasteiger partial charge in [0.1, 0.15) is 11.7 Å². The molecule has 3 atom stereocenters. The number of ether oxygens (including phenoxy) is 3. The van der Waals surface area contributed by atoms with Crippen LogP contribution in [0.25, 0.3) is 0 Å². The van der Waals surface area contributed by atoms with Crippen molar-refractivity contribution < 1.29 is 42.1 Å². The fraction of sp³-hybridized carbons (Fsp3) is 0.300. The van der Waals surface area contributed by atoms with Gasteiger partial charge >= 0.3 is 12.2 Å². The summed E-state index contributed by atoms with van der Waals surface area (Å²) in [5, 5.41) is 15.7. The maximum atomic E-state index is 13.6. The van der Waals surface area contributed by atoms with Crippen LogP contribution in [0.3, 0.4) is 0 Å². The molecule has 0 bridgehead atoms. The van der Waals surface area contributed by atoms with Gasteiger partial charge in [-0.2, -0.15) is 13.2 Å². The SMILES string of the molecule is COc1ccc([C@]2(O)NC(=O)N[C@@H](c3ccc4c(c3)OCO4)[C@H]2C(=O)C(F)(F)F)cc1. The second-order valence-electron chi connectivity index (χ2n) is 7.02. The predicted octanol–water partition coefficient (Wildman–Crippen LogP) is 2.37. The summed E-state index contributed by atoms with van der Waals surface area (Å²) in [6.45, 7) is -0.0714. The number of carbonyl (C=O) groups is 2. The number of halogens is 3. The molecule has 3 N–H and O–H groups in total. The number of aliphatic hydroxyl groups is 1. The lowest BCUT2D eigenvalue weighted by molar-refractivity contribution is -0.190. The zero-order chi connectivity index (χ0) is 22.4. The van der Waals surface area contributed by atoms with Crippen molar-refractivity contribution in [1.29, 1.82) is 0 Å². The molecule has 0 radical (unpaired) electrons. The van der Waals surface area contributed by atoms with Gasteiger partial charge in [0, 0.05) is 5.56 Å². The number of rotatable bonds is 4. The van der Waals surface area contributed by atoms with Crippen molar-refractivity contribution in [3.05, 3.63) is 53.6 Å². The third-order valence-electron chi connectivity index (χ3n) is 5.22. The Morgan fingerprint density at radius 1 is 1.16 bits per heavy atom. The molecule has 31 heavy (non-hydrogen) atoms. The number of urea groups is 1. The van der Waals surface area contributed by atoms with Crippen LogP contribution in [0.2, 0.25) is 0 Å². The molecule has 0 spiro atoms. The van der Waals surface area contributed by atoms with E-state index in [-0.39, 0.29) is 23.7 Å². The smallest absolute Gasteiger partial charge is 0.450 e. The van der Waals surface area contributed by atoms with Crippen molar-refractivity contribution in [3.63, 3.8) is 0 Å². The molecule has 11 heteroatoms. The standard InChI is InChI=1S/C20H17F3N2O6/c1-29-12-5-3-11(4-6-12)19(28)15(17(26)20(21,22)23)16(24-18(27)25-19)10-2-7-13-14(8-10)31-9-30-13/h2-8,15-16,28H,9H2,1H3,(H2,24,25,27)/t15-,16-,19+/m0/s1. The number of alkyl halides is 3.